The summed E-state index contributed by atoms with van der Waals surface area (Å²) in [6, 6.07) is -0.413. The lowest BCUT2D eigenvalue weighted by Gasteiger charge is -2.28. The highest BCUT2D eigenvalue weighted by atomic mass is 32.2. The Hall–Kier alpha value is -2.03. The van der Waals surface area contributed by atoms with Gasteiger partial charge in [-0.3, -0.25) is 9.59 Å². The van der Waals surface area contributed by atoms with Crippen LogP contribution in [0.4, 0.5) is 4.79 Å². The average molecular weight is 364 g/mol. The fourth-order valence-electron chi connectivity index (χ4n) is 3.39. The molecule has 3 aliphatic rings. The Bertz CT molecular complexity index is 721. The second-order valence-corrected chi connectivity index (χ2v) is 7.54. The van der Waals surface area contributed by atoms with Gasteiger partial charge in [0.15, 0.2) is 5.92 Å². The lowest BCUT2D eigenvalue weighted by atomic mass is 9.88. The maximum absolute atomic E-state index is 12.6. The van der Waals surface area contributed by atoms with Crippen LogP contribution in [-0.4, -0.2) is 63.9 Å². The van der Waals surface area contributed by atoms with Crippen molar-refractivity contribution in [2.75, 3.05) is 19.8 Å². The molecule has 2 aliphatic heterocycles. The molecule has 0 radical (unpaired) electrons. The monoisotopic (exact) mass is 364 g/mol. The van der Waals surface area contributed by atoms with Gasteiger partial charge in [-0.25, -0.2) is 9.79 Å². The first-order valence-electron chi connectivity index (χ1n) is 8.40. The van der Waals surface area contributed by atoms with E-state index in [-0.39, 0.29) is 17.6 Å². The molecule has 25 heavy (non-hydrogen) atoms. The van der Waals surface area contributed by atoms with Crippen LogP contribution >= 0.6 is 11.8 Å². The van der Waals surface area contributed by atoms with Gasteiger partial charge in [-0.1, -0.05) is 36.0 Å². The number of rotatable bonds is 3. The van der Waals surface area contributed by atoms with E-state index in [1.165, 1.54) is 18.0 Å². The number of imide groups is 1. The Labute approximate surface area is 150 Å². The third kappa shape index (κ3) is 3.37. The van der Waals surface area contributed by atoms with Crippen LogP contribution in [0.5, 0.6) is 0 Å². The van der Waals surface area contributed by atoms with Gasteiger partial charge in [-0.15, -0.1) is 0 Å². The van der Waals surface area contributed by atoms with Gasteiger partial charge in [0.25, 0.3) is 5.84 Å². The lowest BCUT2D eigenvalue weighted by molar-refractivity contribution is -0.407. The molecular formula is C16H22N5O3S+. The lowest BCUT2D eigenvalue weighted by Crippen LogP contribution is -2.55. The number of hydrogen-bond donors (Lipinski definition) is 1. The number of nitrogens with zero attached hydrogens (tertiary/aromatic N) is 4. The van der Waals surface area contributed by atoms with Crippen LogP contribution in [0.25, 0.3) is 0 Å². The van der Waals surface area contributed by atoms with E-state index in [4.69, 9.17) is 5.73 Å². The van der Waals surface area contributed by atoms with Crippen molar-refractivity contribution in [1.82, 2.24) is 4.90 Å². The van der Waals surface area contributed by atoms with Crippen LogP contribution in [0, 0.1) is 11.8 Å². The highest BCUT2D eigenvalue weighted by Gasteiger charge is 2.49. The van der Waals surface area contributed by atoms with Crippen molar-refractivity contribution in [2.45, 2.75) is 32.1 Å². The molecule has 1 aliphatic carbocycles. The largest absolute Gasteiger partial charge is 0.445 e. The van der Waals surface area contributed by atoms with Crippen molar-refractivity contribution < 1.29 is 19.0 Å². The maximum Gasteiger partial charge on any atom is 0.445 e. The quantitative estimate of drug-likeness (QED) is 0.749. The zero-order chi connectivity index (χ0) is 18.1. The number of thioether (sulfide) groups is 1. The zero-order valence-corrected chi connectivity index (χ0v) is 15.2. The molecule has 1 saturated carbocycles. The second kappa shape index (κ2) is 7.07. The third-order valence-corrected chi connectivity index (χ3v) is 5.84. The van der Waals surface area contributed by atoms with Crippen LogP contribution in [0.15, 0.2) is 9.98 Å². The number of aliphatic imine (C=N–C) groups is 2. The number of nitrogens with two attached hydrogens (primary N) is 1. The fourth-order valence-corrected chi connectivity index (χ4v) is 4.22. The summed E-state index contributed by atoms with van der Waals surface area (Å²) in [7, 11) is 3.05. The molecule has 9 heteroatoms. The molecule has 0 aromatic rings. The van der Waals surface area contributed by atoms with Crippen molar-refractivity contribution in [3.63, 3.8) is 0 Å². The van der Waals surface area contributed by atoms with Gasteiger partial charge in [-0.2, -0.15) is 9.48 Å². The van der Waals surface area contributed by atoms with E-state index >= 15 is 0 Å². The minimum absolute atomic E-state index is 0.0369. The maximum atomic E-state index is 12.6. The Kier molecular flexibility index (Phi) is 5.03. The van der Waals surface area contributed by atoms with Crippen LogP contribution in [-0.2, 0) is 9.59 Å². The van der Waals surface area contributed by atoms with Gasteiger partial charge >= 0.3 is 11.9 Å². The second-order valence-electron chi connectivity index (χ2n) is 6.54. The van der Waals surface area contributed by atoms with Crippen molar-refractivity contribution in [2.24, 2.45) is 27.6 Å². The molecule has 0 saturated heterocycles. The summed E-state index contributed by atoms with van der Waals surface area (Å²) in [5, 5.41) is 0.501. The minimum atomic E-state index is -0.746. The van der Waals surface area contributed by atoms with E-state index in [1.54, 1.807) is 7.05 Å². The Morgan fingerprint density at radius 3 is 2.60 bits per heavy atom. The fraction of sp³-hybridized carbons (Fsp3) is 0.625. The summed E-state index contributed by atoms with van der Waals surface area (Å²) in [6.45, 7) is 0. The summed E-state index contributed by atoms with van der Waals surface area (Å²) in [4.78, 5) is 46.4. The van der Waals surface area contributed by atoms with E-state index in [1.807, 2.05) is 0 Å². The zero-order valence-electron chi connectivity index (χ0n) is 14.4. The Morgan fingerprint density at radius 2 is 1.96 bits per heavy atom. The molecule has 1 fully saturated rings. The summed E-state index contributed by atoms with van der Waals surface area (Å²) >= 11 is 1.16. The first kappa shape index (κ1) is 17.8. The molecule has 2 N–H and O–H groups in total. The van der Waals surface area contributed by atoms with Gasteiger partial charge < -0.3 is 5.73 Å². The van der Waals surface area contributed by atoms with E-state index in [0.29, 0.717) is 16.7 Å². The first-order valence-corrected chi connectivity index (χ1v) is 9.39. The number of primary amides is 1. The summed E-state index contributed by atoms with van der Waals surface area (Å²) in [6.07, 6.45) is 5.45. The van der Waals surface area contributed by atoms with E-state index in [2.05, 4.69) is 9.98 Å². The van der Waals surface area contributed by atoms with Gasteiger partial charge in [0.1, 0.15) is 5.04 Å². The van der Waals surface area contributed by atoms with Crippen molar-refractivity contribution in [3.8, 4) is 0 Å². The average Bonchev–Trinajstić information content (AvgIpc) is 2.62. The van der Waals surface area contributed by atoms with Gasteiger partial charge in [0.05, 0.1) is 19.8 Å². The molecule has 2 heterocycles. The number of carbonyl (C=O) groups is 3. The van der Waals surface area contributed by atoms with Gasteiger partial charge in [-0.05, 0) is 12.8 Å². The van der Waals surface area contributed by atoms with E-state index in [0.717, 1.165) is 42.3 Å². The highest BCUT2D eigenvalue weighted by Crippen LogP contribution is 2.31. The number of carbonyl (C=O) groups excluding carboxylic acids is 3. The molecule has 3 rings (SSSR count). The number of amidine groups is 2. The van der Waals surface area contributed by atoms with Crippen molar-refractivity contribution >= 4 is 46.3 Å². The minimum Gasteiger partial charge on any atom is -0.369 e. The number of fused-ring (bicyclic) bond motifs is 1. The molecule has 0 spiro atoms. The molecule has 0 aromatic carbocycles. The summed E-state index contributed by atoms with van der Waals surface area (Å²) in [5.41, 5.74) is 5.25. The standard InChI is InChI=1S/C16H21N5O3S/c1-20-13-11(15(23)21(2)16(20)24)14(25-8-10(17)22)19-12(18-13)9-6-4-3-5-7-9/h9,11H,3-8H2,1-2H3,(H-,17,22)/p+1. The molecule has 0 bridgehead atoms. The predicted octanol–water partition coefficient (Wildman–Crippen LogP) is 0.845. The Morgan fingerprint density at radius 1 is 1.28 bits per heavy atom. The van der Waals surface area contributed by atoms with Crippen LogP contribution < -0.4 is 5.73 Å². The Balaban J connectivity index is 2.03. The van der Waals surface area contributed by atoms with Crippen LogP contribution in [0.1, 0.15) is 32.1 Å². The predicted molar refractivity (Wildman–Crippen MR) is 95.9 cm³/mol. The van der Waals surface area contributed by atoms with Gasteiger partial charge in [0.2, 0.25) is 11.7 Å². The van der Waals surface area contributed by atoms with Crippen molar-refractivity contribution in [1.29, 1.82) is 0 Å². The van der Waals surface area contributed by atoms with Crippen LogP contribution in [0.3, 0.4) is 0 Å². The normalized spacial score (nSPS) is 24.9. The molecule has 8 nitrogen and oxygen atoms in total. The highest BCUT2D eigenvalue weighted by molar-refractivity contribution is 8.14. The number of hydrogen-bond acceptors (Lipinski definition) is 6. The topological polar surface area (TPSA) is 108 Å². The summed E-state index contributed by atoms with van der Waals surface area (Å²) < 4.78 is 1.40. The number of amides is 4. The first-order chi connectivity index (χ1) is 11.9. The molecule has 1 atom stereocenters. The molecule has 1 unspecified atom stereocenters. The van der Waals surface area contributed by atoms with Crippen LogP contribution in [0.2, 0.25) is 0 Å². The molecular weight excluding hydrogens is 342 g/mol. The summed E-state index contributed by atoms with van der Waals surface area (Å²) in [5.74, 6) is -0.272. The number of urea groups is 1. The molecule has 134 valence electrons. The van der Waals surface area contributed by atoms with E-state index in [9.17, 15) is 14.4 Å². The van der Waals surface area contributed by atoms with E-state index < -0.39 is 17.9 Å². The third-order valence-electron chi connectivity index (χ3n) is 4.79. The van der Waals surface area contributed by atoms with Gasteiger partial charge in [0, 0.05) is 5.92 Å². The molecule has 0 aromatic heterocycles. The molecule has 4 amide bonds. The smallest absolute Gasteiger partial charge is 0.369 e. The SMILES string of the molecule is CN1C(=O)C2C(SCC(N)=O)=NC(C3CCCCC3)=NC2=[N+](C)C1=O. The van der Waals surface area contributed by atoms with Crippen molar-refractivity contribution in [3.05, 3.63) is 0 Å².